The highest BCUT2D eigenvalue weighted by atomic mass is 35.5. The van der Waals surface area contributed by atoms with Crippen LogP contribution in [0.1, 0.15) is 19.3 Å². The number of piperazine rings is 1. The van der Waals surface area contributed by atoms with Crippen molar-refractivity contribution in [2.75, 3.05) is 26.2 Å². The van der Waals surface area contributed by atoms with E-state index in [2.05, 4.69) is 5.32 Å². The first-order valence-corrected chi connectivity index (χ1v) is 13.9. The fourth-order valence-electron chi connectivity index (χ4n) is 3.48. The van der Waals surface area contributed by atoms with Gasteiger partial charge in [-0.25, -0.2) is 8.42 Å². The number of halogens is 1. The van der Waals surface area contributed by atoms with Crippen molar-refractivity contribution in [3.05, 3.63) is 74.1 Å². The van der Waals surface area contributed by atoms with Gasteiger partial charge in [-0.15, -0.1) is 22.7 Å². The topological polar surface area (TPSA) is 104 Å². The van der Waals surface area contributed by atoms with Crippen molar-refractivity contribution < 1.29 is 22.8 Å². The van der Waals surface area contributed by atoms with Gasteiger partial charge < -0.3 is 15.1 Å². The van der Waals surface area contributed by atoms with Gasteiger partial charge in [-0.3, -0.25) is 14.4 Å². The van der Waals surface area contributed by atoms with Crippen molar-refractivity contribution in [1.82, 2.24) is 15.1 Å². The molecular formula is C22H20ClN3O5S3. The molecule has 8 nitrogen and oxygen atoms in total. The number of nitrogens with zero attached hydrogens (tertiary/aromatic N) is 2. The Morgan fingerprint density at radius 1 is 0.853 bits per heavy atom. The van der Waals surface area contributed by atoms with E-state index < -0.39 is 27.0 Å². The van der Waals surface area contributed by atoms with E-state index in [0.717, 1.165) is 11.3 Å². The predicted molar refractivity (Wildman–Crippen MR) is 131 cm³/mol. The highest BCUT2D eigenvalue weighted by molar-refractivity contribution is 7.92. The minimum Gasteiger partial charge on any atom is -0.336 e. The maximum atomic E-state index is 13.4. The number of carbonyl (C=O) groups excluding carboxylic acids is 3. The Bertz CT molecular complexity index is 1270. The molecule has 34 heavy (non-hydrogen) atoms. The molecule has 1 saturated heterocycles. The summed E-state index contributed by atoms with van der Waals surface area (Å²) in [4.78, 5) is 42.4. The molecule has 3 amide bonds. The van der Waals surface area contributed by atoms with Gasteiger partial charge in [0.25, 0.3) is 17.7 Å². The Hall–Kier alpha value is -2.73. The smallest absolute Gasteiger partial charge is 0.264 e. The fraction of sp³-hybridized carbons (Fsp3) is 0.227. The molecule has 1 atom stereocenters. The zero-order chi connectivity index (χ0) is 24.3. The molecule has 2 aromatic heterocycles. The molecule has 0 aliphatic carbocycles. The van der Waals surface area contributed by atoms with Gasteiger partial charge >= 0.3 is 0 Å². The summed E-state index contributed by atoms with van der Waals surface area (Å²) in [5, 5.41) is 4.43. The summed E-state index contributed by atoms with van der Waals surface area (Å²) in [5.74, 6) is -1.53. The molecule has 12 heteroatoms. The van der Waals surface area contributed by atoms with Gasteiger partial charge in [-0.2, -0.15) is 0 Å². The maximum absolute atomic E-state index is 13.4. The number of hydrogen-bond donors (Lipinski definition) is 1. The van der Waals surface area contributed by atoms with E-state index in [9.17, 15) is 22.8 Å². The van der Waals surface area contributed by atoms with Crippen molar-refractivity contribution in [2.45, 2.75) is 10.3 Å². The third kappa shape index (κ3) is 5.17. The lowest BCUT2D eigenvalue weighted by molar-refractivity contribution is -0.132. The van der Waals surface area contributed by atoms with Crippen LogP contribution in [0, 0.1) is 0 Å². The molecule has 3 heterocycles. The van der Waals surface area contributed by atoms with Gasteiger partial charge in [0.1, 0.15) is 0 Å². The van der Waals surface area contributed by atoms with Crippen LogP contribution in [0.25, 0.3) is 0 Å². The molecule has 3 aromatic rings. The molecule has 0 spiro atoms. The Morgan fingerprint density at radius 3 is 1.97 bits per heavy atom. The van der Waals surface area contributed by atoms with Gasteiger partial charge in [-0.1, -0.05) is 23.7 Å². The van der Waals surface area contributed by atoms with Crippen LogP contribution >= 0.6 is 34.3 Å². The molecule has 1 aliphatic rings. The van der Waals surface area contributed by atoms with E-state index in [-0.39, 0.29) is 41.9 Å². The van der Waals surface area contributed by atoms with E-state index in [1.165, 1.54) is 40.5 Å². The van der Waals surface area contributed by atoms with Crippen molar-refractivity contribution in [3.8, 4) is 0 Å². The zero-order valence-corrected chi connectivity index (χ0v) is 20.9. The summed E-state index contributed by atoms with van der Waals surface area (Å²) in [5.41, 5.74) is 0. The van der Waals surface area contributed by atoms with Crippen LogP contribution in [-0.4, -0.2) is 67.5 Å². The number of sulfone groups is 1. The Morgan fingerprint density at radius 2 is 1.41 bits per heavy atom. The summed E-state index contributed by atoms with van der Waals surface area (Å²) >= 11 is 8.36. The van der Waals surface area contributed by atoms with E-state index in [1.54, 1.807) is 34.5 Å². The highest BCUT2D eigenvalue weighted by Crippen LogP contribution is 2.21. The van der Waals surface area contributed by atoms with Gasteiger partial charge in [-0.05, 0) is 47.2 Å². The summed E-state index contributed by atoms with van der Waals surface area (Å²) < 4.78 is 26.8. The first-order chi connectivity index (χ1) is 16.3. The Labute approximate surface area is 209 Å². The number of thiophene rings is 2. The van der Waals surface area contributed by atoms with Gasteiger partial charge in [0.2, 0.25) is 15.2 Å². The SMILES string of the molecule is O=C(N[C@@H](C(=O)N1CCN(C(=O)c2cccs2)CC1)S(=O)(=O)c1ccc(Cl)cc1)c1cccs1. The lowest BCUT2D eigenvalue weighted by Crippen LogP contribution is -2.57. The van der Waals surface area contributed by atoms with Crippen molar-refractivity contribution >= 4 is 61.8 Å². The van der Waals surface area contributed by atoms with Crippen molar-refractivity contribution in [2.24, 2.45) is 0 Å². The van der Waals surface area contributed by atoms with Crippen LogP contribution in [0.5, 0.6) is 0 Å². The molecule has 4 rings (SSSR count). The van der Waals surface area contributed by atoms with E-state index in [0.29, 0.717) is 9.90 Å². The maximum Gasteiger partial charge on any atom is 0.264 e. The molecule has 0 radical (unpaired) electrons. The Balaban J connectivity index is 1.55. The summed E-state index contributed by atoms with van der Waals surface area (Å²) in [7, 11) is -4.27. The molecule has 1 N–H and O–H groups in total. The van der Waals surface area contributed by atoms with E-state index in [4.69, 9.17) is 11.6 Å². The zero-order valence-electron chi connectivity index (χ0n) is 17.7. The normalized spacial score (nSPS) is 15.1. The lowest BCUT2D eigenvalue weighted by Gasteiger charge is -2.36. The van der Waals surface area contributed by atoms with Gasteiger partial charge in [0.05, 0.1) is 14.6 Å². The summed E-state index contributed by atoms with van der Waals surface area (Å²) in [6.45, 7) is 0.818. The quantitative estimate of drug-likeness (QED) is 0.520. The van der Waals surface area contributed by atoms with Crippen LogP contribution in [0.2, 0.25) is 5.02 Å². The molecule has 1 aliphatic heterocycles. The second-order valence-corrected chi connectivity index (χ2v) is 11.8. The molecule has 0 unspecified atom stereocenters. The minimum atomic E-state index is -4.27. The van der Waals surface area contributed by atoms with Crippen LogP contribution in [0.3, 0.4) is 0 Å². The van der Waals surface area contributed by atoms with Crippen LogP contribution in [0.15, 0.2) is 64.2 Å². The largest absolute Gasteiger partial charge is 0.336 e. The lowest BCUT2D eigenvalue weighted by atomic mass is 10.3. The molecule has 1 aromatic carbocycles. The highest BCUT2D eigenvalue weighted by Gasteiger charge is 2.39. The van der Waals surface area contributed by atoms with Crippen molar-refractivity contribution in [1.29, 1.82) is 0 Å². The first-order valence-electron chi connectivity index (χ1n) is 10.2. The number of rotatable bonds is 6. The van der Waals surface area contributed by atoms with E-state index in [1.807, 2.05) is 5.38 Å². The number of carbonyl (C=O) groups is 3. The number of hydrogen-bond acceptors (Lipinski definition) is 7. The van der Waals surface area contributed by atoms with Crippen LogP contribution < -0.4 is 5.32 Å². The molecular weight excluding hydrogens is 518 g/mol. The number of benzene rings is 1. The number of amides is 3. The molecule has 1 fully saturated rings. The average Bonchev–Trinajstić information content (AvgIpc) is 3.57. The molecule has 178 valence electrons. The fourth-order valence-corrected chi connectivity index (χ4v) is 6.39. The van der Waals surface area contributed by atoms with E-state index >= 15 is 0 Å². The van der Waals surface area contributed by atoms with Gasteiger partial charge in [0.15, 0.2) is 0 Å². The Kier molecular flexibility index (Phi) is 7.36. The van der Waals surface area contributed by atoms with Crippen molar-refractivity contribution in [3.63, 3.8) is 0 Å². The molecule has 0 saturated carbocycles. The standard InChI is InChI=1S/C22H20ClN3O5S3/c23-15-5-7-16(8-6-15)34(30,31)20(24-19(27)17-3-1-13-32-17)22(29)26-11-9-25(10-12-26)21(28)18-4-2-14-33-18/h1-8,13-14,20H,9-12H2,(H,24,27)/t20-/m1/s1. The third-order valence-corrected chi connectivity index (χ3v) is 9.14. The van der Waals surface area contributed by atoms with Gasteiger partial charge in [0, 0.05) is 31.2 Å². The number of nitrogens with one attached hydrogen (secondary N) is 1. The molecule has 0 bridgehead atoms. The minimum absolute atomic E-state index is 0.126. The third-order valence-electron chi connectivity index (χ3n) is 5.29. The van der Waals surface area contributed by atoms with Crippen LogP contribution in [0.4, 0.5) is 0 Å². The average molecular weight is 538 g/mol. The van der Waals surface area contributed by atoms with Crippen LogP contribution in [-0.2, 0) is 14.6 Å². The second-order valence-electron chi connectivity index (χ2n) is 7.42. The summed E-state index contributed by atoms with van der Waals surface area (Å²) in [6, 6.07) is 12.1. The monoisotopic (exact) mass is 537 g/mol. The second kappa shape index (κ2) is 10.3. The first kappa shape index (κ1) is 24.4. The predicted octanol–water partition coefficient (Wildman–Crippen LogP) is 2.98. The summed E-state index contributed by atoms with van der Waals surface area (Å²) in [6.07, 6.45) is 0.